The van der Waals surface area contributed by atoms with Crippen molar-refractivity contribution in [3.05, 3.63) is 29.8 Å². The van der Waals surface area contributed by atoms with Crippen molar-refractivity contribution in [2.45, 2.75) is 33.2 Å². The molecular formula is C17H29N3. The zero-order chi connectivity index (χ0) is 14.5. The first-order valence-electron chi connectivity index (χ1n) is 7.86. The minimum Gasteiger partial charge on any atom is -0.369 e. The molecule has 0 saturated carbocycles. The Kier molecular flexibility index (Phi) is 5.44. The fraction of sp³-hybridized carbons (Fsp3) is 0.647. The number of nitrogens with zero attached hydrogens (tertiary/aromatic N) is 2. The summed E-state index contributed by atoms with van der Waals surface area (Å²) in [4.78, 5) is 5.07. The maximum Gasteiger partial charge on any atom is 0.0369 e. The fourth-order valence-corrected chi connectivity index (χ4v) is 3.11. The first-order chi connectivity index (χ1) is 9.60. The van der Waals surface area contributed by atoms with Crippen LogP contribution in [0.4, 0.5) is 5.69 Å². The van der Waals surface area contributed by atoms with E-state index in [9.17, 15) is 0 Å². The van der Waals surface area contributed by atoms with E-state index in [-0.39, 0.29) is 0 Å². The van der Waals surface area contributed by atoms with Crippen LogP contribution < -0.4 is 10.6 Å². The molecule has 3 heteroatoms. The minimum absolute atomic E-state index is 0.551. The van der Waals surface area contributed by atoms with E-state index in [0.29, 0.717) is 6.04 Å². The van der Waals surface area contributed by atoms with Crippen molar-refractivity contribution < 1.29 is 0 Å². The molecule has 20 heavy (non-hydrogen) atoms. The van der Waals surface area contributed by atoms with Gasteiger partial charge in [-0.25, -0.2) is 0 Å². The Morgan fingerprint density at radius 1 is 1.15 bits per heavy atom. The Hall–Kier alpha value is -1.06. The van der Waals surface area contributed by atoms with Crippen LogP contribution >= 0.6 is 0 Å². The quantitative estimate of drug-likeness (QED) is 0.896. The molecule has 3 nitrogen and oxygen atoms in total. The smallest absolute Gasteiger partial charge is 0.0369 e. The van der Waals surface area contributed by atoms with E-state index in [1.807, 2.05) is 0 Å². The average Bonchev–Trinajstić information content (AvgIpc) is 2.45. The van der Waals surface area contributed by atoms with Gasteiger partial charge in [0.25, 0.3) is 0 Å². The van der Waals surface area contributed by atoms with Crippen LogP contribution in [0.2, 0.25) is 0 Å². The molecule has 1 unspecified atom stereocenters. The molecule has 2 N–H and O–H groups in total. The van der Waals surface area contributed by atoms with Gasteiger partial charge >= 0.3 is 0 Å². The molecule has 1 aliphatic rings. The highest BCUT2D eigenvalue weighted by Gasteiger charge is 2.23. The van der Waals surface area contributed by atoms with Crippen molar-refractivity contribution in [3.63, 3.8) is 0 Å². The number of rotatable bonds is 5. The van der Waals surface area contributed by atoms with Crippen molar-refractivity contribution in [3.8, 4) is 0 Å². The molecule has 2 rings (SSSR count). The Labute approximate surface area is 123 Å². The molecule has 112 valence electrons. The van der Waals surface area contributed by atoms with Crippen molar-refractivity contribution in [1.29, 1.82) is 0 Å². The number of nitrogens with two attached hydrogens (primary N) is 1. The van der Waals surface area contributed by atoms with Gasteiger partial charge in [-0.3, -0.25) is 4.90 Å². The van der Waals surface area contributed by atoms with E-state index >= 15 is 0 Å². The fourth-order valence-electron chi connectivity index (χ4n) is 3.11. The average molecular weight is 275 g/mol. The summed E-state index contributed by atoms with van der Waals surface area (Å²) in [6, 6.07) is 9.36. The number of aryl methyl sites for hydroxylation is 1. The molecule has 0 spiro atoms. The van der Waals surface area contributed by atoms with Gasteiger partial charge in [0, 0.05) is 44.5 Å². The zero-order valence-corrected chi connectivity index (χ0v) is 13.2. The molecule has 1 saturated heterocycles. The minimum atomic E-state index is 0.551. The van der Waals surface area contributed by atoms with E-state index in [1.54, 1.807) is 0 Å². The van der Waals surface area contributed by atoms with E-state index in [0.717, 1.165) is 38.6 Å². The summed E-state index contributed by atoms with van der Waals surface area (Å²) in [6.45, 7) is 12.0. The highest BCUT2D eigenvalue weighted by atomic mass is 15.3. The van der Waals surface area contributed by atoms with Crippen LogP contribution in [0, 0.1) is 12.8 Å². The Bertz CT molecular complexity index is 408. The Morgan fingerprint density at radius 2 is 1.85 bits per heavy atom. The predicted molar refractivity (Wildman–Crippen MR) is 87.3 cm³/mol. The SMILES string of the molecule is Cc1cccc(N2CCN(C(CN)CC(C)C)CC2)c1. The molecule has 0 bridgehead atoms. The second kappa shape index (κ2) is 7.09. The highest BCUT2D eigenvalue weighted by Crippen LogP contribution is 2.20. The monoisotopic (exact) mass is 275 g/mol. The maximum atomic E-state index is 5.96. The van der Waals surface area contributed by atoms with Gasteiger partial charge in [-0.2, -0.15) is 0 Å². The summed E-state index contributed by atoms with van der Waals surface area (Å²) >= 11 is 0. The van der Waals surface area contributed by atoms with Gasteiger partial charge < -0.3 is 10.6 Å². The standard InChI is InChI=1S/C17H29N3/c1-14(2)11-17(13-18)20-9-7-19(8-10-20)16-6-4-5-15(3)12-16/h4-6,12,14,17H,7-11,13,18H2,1-3H3. The van der Waals surface area contributed by atoms with Crippen molar-refractivity contribution >= 4 is 5.69 Å². The summed E-state index contributed by atoms with van der Waals surface area (Å²) in [7, 11) is 0. The van der Waals surface area contributed by atoms with Crippen LogP contribution in [-0.2, 0) is 0 Å². The van der Waals surface area contributed by atoms with Crippen LogP contribution in [0.3, 0.4) is 0 Å². The van der Waals surface area contributed by atoms with Crippen LogP contribution in [0.5, 0.6) is 0 Å². The molecule has 1 aromatic carbocycles. The third-order valence-electron chi connectivity index (χ3n) is 4.21. The van der Waals surface area contributed by atoms with Crippen LogP contribution in [-0.4, -0.2) is 43.7 Å². The van der Waals surface area contributed by atoms with E-state index in [4.69, 9.17) is 5.73 Å². The van der Waals surface area contributed by atoms with Crippen LogP contribution in [0.25, 0.3) is 0 Å². The second-order valence-corrected chi connectivity index (χ2v) is 6.38. The molecule has 0 amide bonds. The van der Waals surface area contributed by atoms with E-state index in [2.05, 4.69) is 54.8 Å². The topological polar surface area (TPSA) is 32.5 Å². The van der Waals surface area contributed by atoms with Gasteiger partial charge in [-0.15, -0.1) is 0 Å². The molecule has 0 aliphatic carbocycles. The summed E-state index contributed by atoms with van der Waals surface area (Å²) in [5.41, 5.74) is 8.66. The normalized spacial score (nSPS) is 18.6. The molecule has 0 radical (unpaired) electrons. The lowest BCUT2D eigenvalue weighted by Crippen LogP contribution is -2.52. The number of hydrogen-bond acceptors (Lipinski definition) is 3. The number of hydrogen-bond donors (Lipinski definition) is 1. The summed E-state index contributed by atoms with van der Waals surface area (Å²) in [5.74, 6) is 0.721. The summed E-state index contributed by atoms with van der Waals surface area (Å²) in [5, 5.41) is 0. The predicted octanol–water partition coefficient (Wildman–Crippen LogP) is 2.49. The molecule has 1 aromatic rings. The second-order valence-electron chi connectivity index (χ2n) is 6.38. The van der Waals surface area contributed by atoms with Gasteiger partial charge in [0.15, 0.2) is 0 Å². The Balaban J connectivity index is 1.91. The van der Waals surface area contributed by atoms with Crippen molar-refractivity contribution in [1.82, 2.24) is 4.90 Å². The van der Waals surface area contributed by atoms with Crippen LogP contribution in [0.15, 0.2) is 24.3 Å². The number of anilines is 1. The van der Waals surface area contributed by atoms with Gasteiger partial charge in [0.2, 0.25) is 0 Å². The summed E-state index contributed by atoms with van der Waals surface area (Å²) in [6.07, 6.45) is 1.21. The van der Waals surface area contributed by atoms with Gasteiger partial charge in [-0.05, 0) is 37.0 Å². The first-order valence-corrected chi connectivity index (χ1v) is 7.86. The lowest BCUT2D eigenvalue weighted by Gasteiger charge is -2.40. The highest BCUT2D eigenvalue weighted by molar-refractivity contribution is 5.48. The third kappa shape index (κ3) is 3.97. The molecule has 1 aliphatic heterocycles. The molecule has 1 atom stereocenters. The third-order valence-corrected chi connectivity index (χ3v) is 4.21. The lowest BCUT2D eigenvalue weighted by molar-refractivity contribution is 0.168. The van der Waals surface area contributed by atoms with E-state index < -0.39 is 0 Å². The zero-order valence-electron chi connectivity index (χ0n) is 13.2. The molecule has 1 heterocycles. The lowest BCUT2D eigenvalue weighted by atomic mass is 10.0. The van der Waals surface area contributed by atoms with Gasteiger partial charge in [0.05, 0.1) is 0 Å². The first kappa shape index (κ1) is 15.3. The van der Waals surface area contributed by atoms with Crippen molar-refractivity contribution in [2.75, 3.05) is 37.6 Å². The van der Waals surface area contributed by atoms with E-state index in [1.165, 1.54) is 17.7 Å². The number of piperazine rings is 1. The molecule has 1 fully saturated rings. The largest absolute Gasteiger partial charge is 0.369 e. The molecule has 0 aromatic heterocycles. The maximum absolute atomic E-state index is 5.96. The Morgan fingerprint density at radius 3 is 2.40 bits per heavy atom. The van der Waals surface area contributed by atoms with Crippen molar-refractivity contribution in [2.24, 2.45) is 11.7 Å². The van der Waals surface area contributed by atoms with Gasteiger partial charge in [-0.1, -0.05) is 26.0 Å². The number of benzene rings is 1. The molecular weight excluding hydrogens is 246 g/mol. The summed E-state index contributed by atoms with van der Waals surface area (Å²) < 4.78 is 0. The van der Waals surface area contributed by atoms with Gasteiger partial charge in [0.1, 0.15) is 0 Å². The van der Waals surface area contributed by atoms with Crippen LogP contribution in [0.1, 0.15) is 25.8 Å².